The minimum absolute atomic E-state index is 0.455. The first-order valence-electron chi connectivity index (χ1n) is 7.70. The van der Waals surface area contributed by atoms with E-state index in [4.69, 9.17) is 11.6 Å². The van der Waals surface area contributed by atoms with Crippen molar-refractivity contribution in [1.82, 2.24) is 5.32 Å². The summed E-state index contributed by atoms with van der Waals surface area (Å²) in [5, 5.41) is 4.76. The van der Waals surface area contributed by atoms with Crippen molar-refractivity contribution in [1.29, 1.82) is 0 Å². The number of hydrogen-bond donors (Lipinski definition) is 1. The van der Waals surface area contributed by atoms with Gasteiger partial charge in [0.15, 0.2) is 0 Å². The highest BCUT2D eigenvalue weighted by atomic mass is 35.5. The summed E-state index contributed by atoms with van der Waals surface area (Å²) in [6, 6.07) is 8.28. The molecule has 5 rings (SSSR count). The highest BCUT2D eigenvalue weighted by Gasteiger charge is 2.50. The van der Waals surface area contributed by atoms with E-state index in [2.05, 4.69) is 23.5 Å². The summed E-state index contributed by atoms with van der Waals surface area (Å²) in [7, 11) is 0. The molecule has 1 aromatic carbocycles. The Morgan fingerprint density at radius 3 is 2.26 bits per heavy atom. The van der Waals surface area contributed by atoms with Crippen molar-refractivity contribution in [3.63, 3.8) is 0 Å². The number of nitrogens with one attached hydrogen (secondary N) is 1. The van der Waals surface area contributed by atoms with Gasteiger partial charge in [-0.1, -0.05) is 23.7 Å². The van der Waals surface area contributed by atoms with Gasteiger partial charge >= 0.3 is 0 Å². The van der Waals surface area contributed by atoms with Crippen LogP contribution in [-0.2, 0) is 6.54 Å². The molecule has 0 saturated heterocycles. The molecule has 4 saturated carbocycles. The average Bonchev–Trinajstić information content (AvgIpc) is 2.35. The smallest absolute Gasteiger partial charge is 0.0409 e. The summed E-state index contributed by atoms with van der Waals surface area (Å²) in [5.41, 5.74) is 1.78. The molecule has 0 unspecified atom stereocenters. The normalized spacial score (nSPS) is 39.7. The third-order valence-corrected chi connectivity index (χ3v) is 5.83. The molecule has 4 fully saturated rings. The molecule has 0 heterocycles. The third-order valence-electron chi connectivity index (χ3n) is 5.59. The van der Waals surface area contributed by atoms with Crippen molar-refractivity contribution in [2.24, 2.45) is 17.8 Å². The van der Waals surface area contributed by atoms with Crippen molar-refractivity contribution >= 4 is 11.6 Å². The Kier molecular flexibility index (Phi) is 2.89. The van der Waals surface area contributed by atoms with E-state index in [0.29, 0.717) is 5.54 Å². The molecule has 0 aromatic heterocycles. The van der Waals surface area contributed by atoms with Crippen LogP contribution in [-0.4, -0.2) is 5.54 Å². The van der Waals surface area contributed by atoms with Crippen molar-refractivity contribution in [3.05, 3.63) is 34.9 Å². The zero-order valence-electron chi connectivity index (χ0n) is 11.4. The molecule has 0 aliphatic heterocycles. The maximum atomic E-state index is 6.07. The Morgan fingerprint density at radius 2 is 1.68 bits per heavy atom. The molecule has 1 nitrogen and oxygen atoms in total. The summed E-state index contributed by atoms with van der Waals surface area (Å²) < 4.78 is 0. The molecule has 1 N–H and O–H groups in total. The minimum atomic E-state index is 0.455. The van der Waals surface area contributed by atoms with Crippen molar-refractivity contribution in [3.8, 4) is 0 Å². The summed E-state index contributed by atoms with van der Waals surface area (Å²) in [6.45, 7) is 0.979. The second-order valence-electron chi connectivity index (χ2n) is 7.18. The SMILES string of the molecule is Clc1cccc(CNC23CC4CC(CC(C4)C2)C3)c1. The summed E-state index contributed by atoms with van der Waals surface area (Å²) >= 11 is 6.07. The number of benzene rings is 1. The van der Waals surface area contributed by atoms with Crippen molar-refractivity contribution in [2.75, 3.05) is 0 Å². The van der Waals surface area contributed by atoms with Crippen molar-refractivity contribution in [2.45, 2.75) is 50.6 Å². The molecule has 0 radical (unpaired) electrons. The summed E-state index contributed by atoms with van der Waals surface area (Å²) in [6.07, 6.45) is 8.78. The molecule has 19 heavy (non-hydrogen) atoms. The van der Waals surface area contributed by atoms with Crippen LogP contribution in [0.4, 0.5) is 0 Å². The Labute approximate surface area is 120 Å². The van der Waals surface area contributed by atoms with E-state index in [0.717, 1.165) is 29.3 Å². The predicted octanol–water partition coefficient (Wildman–Crippen LogP) is 4.40. The van der Waals surface area contributed by atoms with E-state index < -0.39 is 0 Å². The Bertz CT molecular complexity index is 447. The van der Waals surface area contributed by atoms with Crippen LogP contribution < -0.4 is 5.32 Å². The van der Waals surface area contributed by atoms with Crippen LogP contribution in [0.2, 0.25) is 5.02 Å². The van der Waals surface area contributed by atoms with Gasteiger partial charge in [-0.25, -0.2) is 0 Å². The zero-order chi connectivity index (χ0) is 12.9. The van der Waals surface area contributed by atoms with Gasteiger partial charge in [0, 0.05) is 17.1 Å². The number of halogens is 1. The first-order valence-corrected chi connectivity index (χ1v) is 8.08. The van der Waals surface area contributed by atoms with Crippen molar-refractivity contribution < 1.29 is 0 Å². The zero-order valence-corrected chi connectivity index (χ0v) is 12.1. The molecule has 0 spiro atoms. The fourth-order valence-corrected chi connectivity index (χ4v) is 5.48. The van der Waals surface area contributed by atoms with Gasteiger partial charge in [-0.15, -0.1) is 0 Å². The van der Waals surface area contributed by atoms with Crippen LogP contribution in [0.3, 0.4) is 0 Å². The Morgan fingerprint density at radius 1 is 1.05 bits per heavy atom. The molecule has 102 valence electrons. The van der Waals surface area contributed by atoms with E-state index in [1.165, 1.54) is 44.1 Å². The van der Waals surface area contributed by atoms with Gasteiger partial charge in [0.2, 0.25) is 0 Å². The summed E-state index contributed by atoms with van der Waals surface area (Å²) in [4.78, 5) is 0. The standard InChI is InChI=1S/C17H22ClN/c18-16-3-1-2-12(7-16)11-19-17-8-13-4-14(9-17)6-15(5-13)10-17/h1-3,7,13-15,19H,4-6,8-11H2. The summed E-state index contributed by atoms with van der Waals surface area (Å²) in [5.74, 6) is 3.04. The number of hydrogen-bond acceptors (Lipinski definition) is 1. The molecule has 4 aliphatic rings. The quantitative estimate of drug-likeness (QED) is 0.862. The first kappa shape index (κ1) is 12.2. The lowest BCUT2D eigenvalue weighted by molar-refractivity contribution is -0.0206. The van der Waals surface area contributed by atoms with Gasteiger partial charge < -0.3 is 5.32 Å². The topological polar surface area (TPSA) is 12.0 Å². The molecule has 2 heteroatoms. The van der Waals surface area contributed by atoms with Crippen LogP contribution in [0.5, 0.6) is 0 Å². The first-order chi connectivity index (χ1) is 9.21. The maximum Gasteiger partial charge on any atom is 0.0409 e. The fraction of sp³-hybridized carbons (Fsp3) is 0.647. The number of rotatable bonds is 3. The molecule has 0 amide bonds. The lowest BCUT2D eigenvalue weighted by Gasteiger charge is -2.57. The molecule has 1 aromatic rings. The van der Waals surface area contributed by atoms with Gasteiger partial charge in [0.05, 0.1) is 0 Å². The Balaban J connectivity index is 1.48. The van der Waals surface area contributed by atoms with E-state index in [-0.39, 0.29) is 0 Å². The van der Waals surface area contributed by atoms with Gasteiger partial charge in [0.1, 0.15) is 0 Å². The monoisotopic (exact) mass is 275 g/mol. The highest BCUT2D eigenvalue weighted by Crippen LogP contribution is 2.55. The molecule has 0 atom stereocenters. The Hall–Kier alpha value is -0.530. The van der Waals surface area contributed by atoms with Crippen LogP contribution in [0, 0.1) is 17.8 Å². The molecule has 4 bridgehead atoms. The largest absolute Gasteiger partial charge is 0.307 e. The highest BCUT2D eigenvalue weighted by molar-refractivity contribution is 6.30. The molecular formula is C17H22ClN. The van der Waals surface area contributed by atoms with E-state index in [1.54, 1.807) is 0 Å². The van der Waals surface area contributed by atoms with E-state index in [9.17, 15) is 0 Å². The molecule has 4 aliphatic carbocycles. The van der Waals surface area contributed by atoms with Gasteiger partial charge in [0.25, 0.3) is 0 Å². The van der Waals surface area contributed by atoms with E-state index >= 15 is 0 Å². The van der Waals surface area contributed by atoms with Crippen LogP contribution >= 0.6 is 11.6 Å². The van der Waals surface area contributed by atoms with Gasteiger partial charge in [-0.3, -0.25) is 0 Å². The third kappa shape index (κ3) is 2.32. The lowest BCUT2D eigenvalue weighted by atomic mass is 9.53. The predicted molar refractivity (Wildman–Crippen MR) is 79.2 cm³/mol. The van der Waals surface area contributed by atoms with Gasteiger partial charge in [-0.2, -0.15) is 0 Å². The van der Waals surface area contributed by atoms with Crippen LogP contribution in [0.25, 0.3) is 0 Å². The molecular weight excluding hydrogens is 254 g/mol. The second-order valence-corrected chi connectivity index (χ2v) is 7.62. The van der Waals surface area contributed by atoms with Crippen LogP contribution in [0.15, 0.2) is 24.3 Å². The van der Waals surface area contributed by atoms with Crippen LogP contribution in [0.1, 0.15) is 44.1 Å². The van der Waals surface area contributed by atoms with Gasteiger partial charge in [-0.05, 0) is 74.0 Å². The fourth-order valence-electron chi connectivity index (χ4n) is 5.26. The second kappa shape index (κ2) is 4.49. The minimum Gasteiger partial charge on any atom is -0.307 e. The van der Waals surface area contributed by atoms with E-state index in [1.807, 2.05) is 6.07 Å². The lowest BCUT2D eigenvalue weighted by Crippen LogP contribution is -2.58. The average molecular weight is 276 g/mol. The maximum absolute atomic E-state index is 6.07.